The molecule has 2 aromatic carbocycles. The van der Waals surface area contributed by atoms with Crippen LogP contribution in [-0.2, 0) is 27.4 Å². The highest BCUT2D eigenvalue weighted by molar-refractivity contribution is 6.50. The normalized spacial score (nSPS) is 20.8. The third kappa shape index (κ3) is 3.65. The van der Waals surface area contributed by atoms with E-state index in [2.05, 4.69) is 5.32 Å². The molecular weight excluding hydrogens is 459 g/mol. The fourth-order valence-corrected chi connectivity index (χ4v) is 5.44. The van der Waals surface area contributed by atoms with E-state index in [9.17, 15) is 9.59 Å². The van der Waals surface area contributed by atoms with E-state index in [-0.39, 0.29) is 6.54 Å². The molecule has 0 spiro atoms. The maximum atomic E-state index is 15.8. The number of nitrogens with zero attached hydrogens (tertiary/aromatic N) is 3. The number of benzene rings is 2. The molecule has 0 saturated carbocycles. The molecule has 1 N–H and O–H groups in total. The summed E-state index contributed by atoms with van der Waals surface area (Å²) >= 11 is 0. The monoisotopic (exact) mass is 486 g/mol. The van der Waals surface area contributed by atoms with Gasteiger partial charge in [-0.25, -0.2) is 4.39 Å². The van der Waals surface area contributed by atoms with Gasteiger partial charge < -0.3 is 18.8 Å². The summed E-state index contributed by atoms with van der Waals surface area (Å²) in [4.78, 5) is 28.3. The summed E-state index contributed by atoms with van der Waals surface area (Å²) in [7, 11) is 3.81. The van der Waals surface area contributed by atoms with Crippen LogP contribution < -0.4 is 5.32 Å². The lowest BCUT2D eigenvalue weighted by atomic mass is 9.95. The van der Waals surface area contributed by atoms with Gasteiger partial charge in [-0.05, 0) is 26.2 Å². The van der Waals surface area contributed by atoms with Gasteiger partial charge in [0.1, 0.15) is 12.3 Å². The second-order valence-corrected chi connectivity index (χ2v) is 9.69. The highest BCUT2D eigenvalue weighted by Crippen LogP contribution is 2.39. The molecule has 2 aliphatic rings. The molecule has 4 aromatic rings. The summed E-state index contributed by atoms with van der Waals surface area (Å²) in [5, 5.41) is 4.17. The van der Waals surface area contributed by atoms with Crippen molar-refractivity contribution in [2.24, 2.45) is 0 Å². The van der Waals surface area contributed by atoms with Crippen molar-refractivity contribution in [1.82, 2.24) is 19.4 Å². The van der Waals surface area contributed by atoms with Crippen LogP contribution in [0.5, 0.6) is 0 Å². The van der Waals surface area contributed by atoms with Crippen molar-refractivity contribution < 1.29 is 18.7 Å². The average Bonchev–Trinajstić information content (AvgIpc) is 3.48. The molecule has 2 atom stereocenters. The predicted octanol–water partition coefficient (Wildman–Crippen LogP) is 3.46. The van der Waals surface area contributed by atoms with Crippen LogP contribution in [0.15, 0.2) is 60.9 Å². The van der Waals surface area contributed by atoms with Crippen LogP contribution in [0.1, 0.15) is 11.1 Å². The van der Waals surface area contributed by atoms with Gasteiger partial charge in [0.25, 0.3) is 11.8 Å². The molecule has 8 heteroatoms. The number of fused-ring (bicyclic) bond motifs is 12. The molecule has 6 rings (SSSR count). The van der Waals surface area contributed by atoms with E-state index in [1.54, 1.807) is 6.20 Å². The molecule has 0 unspecified atom stereocenters. The van der Waals surface area contributed by atoms with Crippen LogP contribution in [-0.4, -0.2) is 65.4 Å². The van der Waals surface area contributed by atoms with Crippen molar-refractivity contribution >= 4 is 44.8 Å². The molecule has 0 aliphatic carbocycles. The largest absolute Gasteiger partial charge is 0.372 e. The summed E-state index contributed by atoms with van der Waals surface area (Å²) < 4.78 is 25.7. The Bertz CT molecular complexity index is 1550. The lowest BCUT2D eigenvalue weighted by Crippen LogP contribution is -2.38. The topological polar surface area (TPSA) is 68.5 Å². The Balaban J connectivity index is 1.64. The average molecular weight is 487 g/mol. The molecule has 2 amide bonds. The minimum absolute atomic E-state index is 0.0732. The maximum absolute atomic E-state index is 15.8. The van der Waals surface area contributed by atoms with Crippen LogP contribution in [0.3, 0.4) is 0 Å². The number of hydrogen-bond donors (Lipinski definition) is 1. The number of likely N-dealkylation sites (N-methyl/N-ethyl adjacent to an activating group) is 1. The Morgan fingerprint density at radius 2 is 1.47 bits per heavy atom. The molecule has 2 aromatic heterocycles. The number of alkyl halides is 1. The minimum atomic E-state index is -1.27. The lowest BCUT2D eigenvalue weighted by molar-refractivity contribution is -0.122. The van der Waals surface area contributed by atoms with Crippen molar-refractivity contribution in [1.29, 1.82) is 0 Å². The van der Waals surface area contributed by atoms with Crippen LogP contribution in [0, 0.1) is 0 Å². The second-order valence-electron chi connectivity index (χ2n) is 9.69. The highest BCUT2D eigenvalue weighted by atomic mass is 19.1. The first-order chi connectivity index (χ1) is 17.4. The molecule has 4 bridgehead atoms. The molecule has 0 saturated heterocycles. The van der Waals surface area contributed by atoms with Gasteiger partial charge in [0.05, 0.1) is 24.3 Å². The first kappa shape index (κ1) is 22.7. The Morgan fingerprint density at radius 3 is 2.08 bits per heavy atom. The second kappa shape index (κ2) is 8.72. The van der Waals surface area contributed by atoms with E-state index in [0.717, 1.165) is 21.8 Å². The van der Waals surface area contributed by atoms with Gasteiger partial charge in [-0.3, -0.25) is 14.9 Å². The molecular formula is C28H27FN4O3. The van der Waals surface area contributed by atoms with Crippen LogP contribution in [0.25, 0.3) is 33.0 Å². The zero-order valence-corrected chi connectivity index (χ0v) is 20.2. The number of nitrogens with one attached hydrogen (secondary N) is 1. The summed E-state index contributed by atoms with van der Waals surface area (Å²) in [6.45, 7) is 1.31. The van der Waals surface area contributed by atoms with Crippen molar-refractivity contribution in [3.63, 3.8) is 0 Å². The Morgan fingerprint density at radius 1 is 0.917 bits per heavy atom. The number of para-hydroxylation sites is 2. The first-order valence-electron chi connectivity index (χ1n) is 12.1. The highest BCUT2D eigenvalue weighted by Gasteiger charge is 2.36. The van der Waals surface area contributed by atoms with Gasteiger partial charge >= 0.3 is 0 Å². The Kier molecular flexibility index (Phi) is 5.50. The Labute approximate surface area is 207 Å². The number of amides is 2. The third-order valence-corrected chi connectivity index (χ3v) is 7.03. The van der Waals surface area contributed by atoms with Crippen molar-refractivity contribution in [2.45, 2.75) is 25.4 Å². The van der Waals surface area contributed by atoms with E-state index >= 15 is 4.39 Å². The number of ether oxygens (including phenoxy) is 1. The fourth-order valence-electron chi connectivity index (χ4n) is 5.44. The minimum Gasteiger partial charge on any atom is -0.372 e. The first-order valence-corrected chi connectivity index (χ1v) is 12.1. The van der Waals surface area contributed by atoms with Gasteiger partial charge in [-0.15, -0.1) is 0 Å². The zero-order chi connectivity index (χ0) is 25.0. The molecule has 2 aliphatic heterocycles. The number of hydrogen-bond acceptors (Lipinski definition) is 4. The molecule has 0 radical (unpaired) electrons. The number of carbonyl (C=O) groups excluding carboxylic acids is 2. The van der Waals surface area contributed by atoms with E-state index in [1.165, 1.54) is 0 Å². The SMILES string of the molecule is CN(C)C[C@H]1OCCn2cc(c3ccccc32)C2=C(C(=O)NC2=O)c2cn(c3ccccc23)C[C@H]1F. The van der Waals surface area contributed by atoms with Gasteiger partial charge in [0.15, 0.2) is 0 Å². The smallest absolute Gasteiger partial charge is 0.259 e. The number of carbonyl (C=O) groups is 2. The molecule has 7 nitrogen and oxygen atoms in total. The number of rotatable bonds is 2. The molecule has 4 heterocycles. The summed E-state index contributed by atoms with van der Waals surface area (Å²) in [5.41, 5.74) is 3.72. The molecule has 0 fully saturated rings. The quantitative estimate of drug-likeness (QED) is 0.441. The van der Waals surface area contributed by atoms with Gasteiger partial charge in [-0.2, -0.15) is 0 Å². The number of halogens is 1. The summed E-state index contributed by atoms with van der Waals surface area (Å²) in [6.07, 6.45) is 1.80. The molecule has 36 heavy (non-hydrogen) atoms. The number of aromatic nitrogens is 2. The van der Waals surface area contributed by atoms with Crippen LogP contribution >= 0.6 is 0 Å². The Hall–Kier alpha value is -3.75. The van der Waals surface area contributed by atoms with Crippen LogP contribution in [0.2, 0.25) is 0 Å². The van der Waals surface area contributed by atoms with Crippen LogP contribution in [0.4, 0.5) is 4.39 Å². The fraction of sp³-hybridized carbons (Fsp3) is 0.286. The van der Waals surface area contributed by atoms with Crippen molar-refractivity contribution in [3.05, 3.63) is 72.1 Å². The zero-order valence-electron chi connectivity index (χ0n) is 20.2. The standard InChI is InChI=1S/C28H27FN4O3/c1-31(2)16-24-21(29)15-33-14-20(18-8-4-6-10-23(18)33)26-25(27(34)30-28(26)35)19-13-32(11-12-36-24)22-9-5-3-7-17(19)22/h3-10,13-14,21,24H,11-12,15-16H2,1-2H3,(H,30,34,35)/t21-,24-/m1/s1. The van der Waals surface area contributed by atoms with Gasteiger partial charge in [-0.1, -0.05) is 36.4 Å². The van der Waals surface area contributed by atoms with E-state index < -0.39 is 24.1 Å². The molecule has 184 valence electrons. The predicted molar refractivity (Wildman–Crippen MR) is 137 cm³/mol. The van der Waals surface area contributed by atoms with Gasteiger partial charge in [0.2, 0.25) is 0 Å². The van der Waals surface area contributed by atoms with E-state index in [1.807, 2.05) is 82.9 Å². The van der Waals surface area contributed by atoms with E-state index in [0.29, 0.717) is 42.0 Å². The summed E-state index contributed by atoms with van der Waals surface area (Å²) in [5.74, 6) is -0.861. The van der Waals surface area contributed by atoms with Gasteiger partial charge in [0, 0.05) is 58.4 Å². The number of imide groups is 1. The summed E-state index contributed by atoms with van der Waals surface area (Å²) in [6, 6.07) is 15.4. The van der Waals surface area contributed by atoms with Crippen molar-refractivity contribution in [2.75, 3.05) is 27.2 Å². The van der Waals surface area contributed by atoms with Crippen molar-refractivity contribution in [3.8, 4) is 0 Å². The third-order valence-electron chi connectivity index (χ3n) is 7.03. The van der Waals surface area contributed by atoms with E-state index in [4.69, 9.17) is 4.74 Å². The maximum Gasteiger partial charge on any atom is 0.259 e. The lowest BCUT2D eigenvalue weighted by Gasteiger charge is -2.25.